The zero-order valence-electron chi connectivity index (χ0n) is 9.66. The first-order valence-electron chi connectivity index (χ1n) is 6.08. The first-order chi connectivity index (χ1) is 7.16. The molecule has 0 bridgehead atoms. The van der Waals surface area contributed by atoms with Gasteiger partial charge in [-0.05, 0) is 51.4 Å². The maximum Gasteiger partial charge on any atom is 0.246 e. The molecule has 2 fully saturated rings. The maximum absolute atomic E-state index is 11.6. The average molecular weight is 211 g/mol. The minimum absolute atomic E-state index is 0.0625. The van der Waals surface area contributed by atoms with E-state index in [0.717, 1.165) is 11.8 Å². The summed E-state index contributed by atoms with van der Waals surface area (Å²) in [4.78, 5) is 11.6. The van der Waals surface area contributed by atoms with E-state index in [1.54, 1.807) is 0 Å². The Hall–Kier alpha value is -0.570. The molecule has 0 atom stereocenters. The molecule has 0 radical (unpaired) electrons. The summed E-state index contributed by atoms with van der Waals surface area (Å²) in [6.07, 6.45) is 5.33. The lowest BCUT2D eigenvalue weighted by molar-refractivity contribution is -0.128. The summed E-state index contributed by atoms with van der Waals surface area (Å²) in [6, 6.07) is 0.452. The molecule has 2 saturated carbocycles. The van der Waals surface area contributed by atoms with Gasteiger partial charge < -0.3 is 10.1 Å². The van der Waals surface area contributed by atoms with Gasteiger partial charge in [-0.15, -0.1) is 0 Å². The molecule has 0 aliphatic heterocycles. The Morgan fingerprint density at radius 2 is 1.80 bits per heavy atom. The molecule has 3 heteroatoms. The SMILES string of the molecule is CC(C)OCC(=O)NC(C1CC1)C1CC1. The number of carbonyl (C=O) groups excluding carboxylic acids is 1. The number of hydrogen-bond donors (Lipinski definition) is 1. The molecule has 0 aromatic heterocycles. The Bertz CT molecular complexity index is 220. The highest BCUT2D eigenvalue weighted by molar-refractivity contribution is 5.77. The van der Waals surface area contributed by atoms with Gasteiger partial charge in [-0.3, -0.25) is 4.79 Å². The van der Waals surface area contributed by atoms with Gasteiger partial charge in [-0.2, -0.15) is 0 Å². The molecule has 2 aliphatic rings. The largest absolute Gasteiger partial charge is 0.369 e. The summed E-state index contributed by atoms with van der Waals surface area (Å²) in [6.45, 7) is 4.12. The van der Waals surface area contributed by atoms with E-state index in [1.807, 2.05) is 13.8 Å². The lowest BCUT2D eigenvalue weighted by atomic mass is 10.1. The molecule has 2 rings (SSSR count). The van der Waals surface area contributed by atoms with Crippen LogP contribution in [0, 0.1) is 11.8 Å². The second-order valence-electron chi connectivity index (χ2n) is 5.13. The normalized spacial score (nSPS) is 21.1. The molecule has 1 amide bonds. The number of nitrogens with one attached hydrogen (secondary N) is 1. The minimum Gasteiger partial charge on any atom is -0.369 e. The number of ether oxygens (including phenoxy) is 1. The van der Waals surface area contributed by atoms with E-state index < -0.39 is 0 Å². The van der Waals surface area contributed by atoms with E-state index in [4.69, 9.17) is 4.74 Å². The van der Waals surface area contributed by atoms with Gasteiger partial charge in [-0.1, -0.05) is 0 Å². The Balaban J connectivity index is 1.71. The van der Waals surface area contributed by atoms with Crippen LogP contribution in [0.4, 0.5) is 0 Å². The first kappa shape index (κ1) is 10.9. The Labute approximate surface area is 91.6 Å². The molecule has 0 aromatic carbocycles. The van der Waals surface area contributed by atoms with Gasteiger partial charge in [0.1, 0.15) is 6.61 Å². The summed E-state index contributed by atoms with van der Waals surface area (Å²) >= 11 is 0. The zero-order valence-corrected chi connectivity index (χ0v) is 9.66. The predicted molar refractivity (Wildman–Crippen MR) is 58.5 cm³/mol. The van der Waals surface area contributed by atoms with Gasteiger partial charge in [-0.25, -0.2) is 0 Å². The van der Waals surface area contributed by atoms with Gasteiger partial charge in [0.05, 0.1) is 6.10 Å². The van der Waals surface area contributed by atoms with E-state index in [0.29, 0.717) is 6.04 Å². The smallest absolute Gasteiger partial charge is 0.246 e. The second-order valence-corrected chi connectivity index (χ2v) is 5.13. The minimum atomic E-state index is 0.0625. The van der Waals surface area contributed by atoms with Crippen molar-refractivity contribution < 1.29 is 9.53 Å². The molecule has 1 N–H and O–H groups in total. The van der Waals surface area contributed by atoms with Crippen LogP contribution < -0.4 is 5.32 Å². The van der Waals surface area contributed by atoms with Crippen molar-refractivity contribution >= 4 is 5.91 Å². The van der Waals surface area contributed by atoms with Crippen LogP contribution in [0.1, 0.15) is 39.5 Å². The van der Waals surface area contributed by atoms with E-state index in [2.05, 4.69) is 5.32 Å². The van der Waals surface area contributed by atoms with Crippen LogP contribution >= 0.6 is 0 Å². The van der Waals surface area contributed by atoms with Crippen LogP contribution in [0.15, 0.2) is 0 Å². The fraction of sp³-hybridized carbons (Fsp3) is 0.917. The zero-order chi connectivity index (χ0) is 10.8. The Morgan fingerprint density at radius 3 is 2.20 bits per heavy atom. The van der Waals surface area contributed by atoms with E-state index >= 15 is 0 Å². The van der Waals surface area contributed by atoms with Crippen LogP contribution in [0.5, 0.6) is 0 Å². The van der Waals surface area contributed by atoms with Crippen molar-refractivity contribution in [2.75, 3.05) is 6.61 Å². The van der Waals surface area contributed by atoms with Crippen molar-refractivity contribution in [3.63, 3.8) is 0 Å². The molecule has 2 aliphatic carbocycles. The summed E-state index contributed by atoms with van der Waals surface area (Å²) in [5, 5.41) is 3.13. The summed E-state index contributed by atoms with van der Waals surface area (Å²) < 4.78 is 5.29. The molecule has 0 saturated heterocycles. The van der Waals surface area contributed by atoms with Crippen molar-refractivity contribution in [2.24, 2.45) is 11.8 Å². The molecule has 0 aromatic rings. The van der Waals surface area contributed by atoms with Crippen LogP contribution in [0.3, 0.4) is 0 Å². The Kier molecular flexibility index (Phi) is 3.29. The number of amides is 1. The van der Waals surface area contributed by atoms with Gasteiger partial charge in [0, 0.05) is 6.04 Å². The van der Waals surface area contributed by atoms with Crippen LogP contribution in [0.25, 0.3) is 0 Å². The fourth-order valence-electron chi connectivity index (χ4n) is 2.00. The van der Waals surface area contributed by atoms with Gasteiger partial charge >= 0.3 is 0 Å². The molecule has 86 valence electrons. The second kappa shape index (κ2) is 4.52. The summed E-state index contributed by atoms with van der Waals surface area (Å²) in [5.74, 6) is 1.59. The highest BCUT2D eigenvalue weighted by Crippen LogP contribution is 2.44. The van der Waals surface area contributed by atoms with Crippen molar-refractivity contribution in [1.29, 1.82) is 0 Å². The standard InChI is InChI=1S/C12H21NO2/c1-8(2)15-7-11(14)13-12(9-3-4-9)10-5-6-10/h8-10,12H,3-7H2,1-2H3,(H,13,14). The lowest BCUT2D eigenvalue weighted by Gasteiger charge is -2.18. The first-order valence-corrected chi connectivity index (χ1v) is 6.08. The fourth-order valence-corrected chi connectivity index (χ4v) is 2.00. The molecular formula is C12H21NO2. The highest BCUT2D eigenvalue weighted by atomic mass is 16.5. The van der Waals surface area contributed by atoms with E-state index in [-0.39, 0.29) is 18.6 Å². The lowest BCUT2D eigenvalue weighted by Crippen LogP contribution is -2.40. The number of hydrogen-bond acceptors (Lipinski definition) is 2. The third-order valence-corrected chi connectivity index (χ3v) is 3.14. The van der Waals surface area contributed by atoms with Crippen LogP contribution in [-0.2, 0) is 9.53 Å². The molecule has 0 unspecified atom stereocenters. The van der Waals surface area contributed by atoms with Crippen LogP contribution in [0.2, 0.25) is 0 Å². The predicted octanol–water partition coefficient (Wildman–Crippen LogP) is 1.72. The summed E-state index contributed by atoms with van der Waals surface area (Å²) in [7, 11) is 0. The van der Waals surface area contributed by atoms with E-state index in [1.165, 1.54) is 25.7 Å². The van der Waals surface area contributed by atoms with Crippen molar-refractivity contribution in [3.05, 3.63) is 0 Å². The van der Waals surface area contributed by atoms with Crippen molar-refractivity contribution in [2.45, 2.75) is 51.7 Å². The van der Waals surface area contributed by atoms with Crippen molar-refractivity contribution in [1.82, 2.24) is 5.32 Å². The molecule has 0 spiro atoms. The van der Waals surface area contributed by atoms with Gasteiger partial charge in [0.15, 0.2) is 0 Å². The number of rotatable bonds is 6. The molecule has 3 nitrogen and oxygen atoms in total. The van der Waals surface area contributed by atoms with Gasteiger partial charge in [0.2, 0.25) is 5.91 Å². The van der Waals surface area contributed by atoms with Crippen molar-refractivity contribution in [3.8, 4) is 0 Å². The molecule has 15 heavy (non-hydrogen) atoms. The maximum atomic E-state index is 11.6. The topological polar surface area (TPSA) is 38.3 Å². The summed E-state index contributed by atoms with van der Waals surface area (Å²) in [5.41, 5.74) is 0. The number of carbonyl (C=O) groups is 1. The average Bonchev–Trinajstić information content (AvgIpc) is 3.02. The molecule has 0 heterocycles. The quantitative estimate of drug-likeness (QED) is 0.726. The third-order valence-electron chi connectivity index (χ3n) is 3.14. The van der Waals surface area contributed by atoms with E-state index in [9.17, 15) is 4.79 Å². The highest BCUT2D eigenvalue weighted by Gasteiger charge is 2.42. The monoisotopic (exact) mass is 211 g/mol. The van der Waals surface area contributed by atoms with Gasteiger partial charge in [0.25, 0.3) is 0 Å². The third kappa shape index (κ3) is 3.49. The Morgan fingerprint density at radius 1 is 1.27 bits per heavy atom. The van der Waals surface area contributed by atoms with Crippen LogP contribution in [-0.4, -0.2) is 24.7 Å². The molecular weight excluding hydrogens is 190 g/mol.